The molecule has 3 aromatic rings. The molecule has 6 nitrogen and oxygen atoms in total. The summed E-state index contributed by atoms with van der Waals surface area (Å²) in [5, 5.41) is 8.17. The summed E-state index contributed by atoms with van der Waals surface area (Å²) in [6.45, 7) is 5.03. The fourth-order valence-corrected chi connectivity index (χ4v) is 3.04. The Morgan fingerprint density at radius 3 is 2.85 bits per heavy atom. The van der Waals surface area contributed by atoms with Gasteiger partial charge < -0.3 is 9.73 Å². The Morgan fingerprint density at radius 1 is 1.27 bits per heavy atom. The van der Waals surface area contributed by atoms with Crippen molar-refractivity contribution in [3.05, 3.63) is 53.9 Å². The molecule has 0 aliphatic heterocycles. The second-order valence-corrected chi connectivity index (χ2v) is 7.18. The number of aromatic nitrogens is 1. The molecule has 0 bridgehead atoms. The standard InChI is InChI=1S/C19H22N4O2S/c1-13(2)23(3)10-17-12-26-19(21-17)22-18(24)20-16-6-4-5-14(9-16)15-7-8-25-11-15/h4-9,11-13H,10H2,1-3H3,(H2,20,21,22,24). The first kappa shape index (κ1) is 18.2. The molecule has 0 aliphatic carbocycles. The molecule has 1 aromatic carbocycles. The zero-order valence-electron chi connectivity index (χ0n) is 15.0. The van der Waals surface area contributed by atoms with Crippen LogP contribution in [0.1, 0.15) is 19.5 Å². The molecule has 0 saturated heterocycles. The highest BCUT2D eigenvalue weighted by Gasteiger charge is 2.10. The molecule has 2 heterocycles. The highest BCUT2D eigenvalue weighted by atomic mass is 32.1. The number of anilines is 2. The number of benzene rings is 1. The fraction of sp³-hybridized carbons (Fsp3) is 0.263. The van der Waals surface area contributed by atoms with Gasteiger partial charge in [0, 0.05) is 29.2 Å². The molecule has 3 rings (SSSR count). The molecular weight excluding hydrogens is 348 g/mol. The van der Waals surface area contributed by atoms with Gasteiger partial charge in [-0.2, -0.15) is 0 Å². The number of furan rings is 1. The van der Waals surface area contributed by atoms with Gasteiger partial charge >= 0.3 is 6.03 Å². The number of amides is 2. The minimum atomic E-state index is -0.313. The van der Waals surface area contributed by atoms with E-state index in [0.29, 0.717) is 16.9 Å². The Morgan fingerprint density at radius 2 is 2.12 bits per heavy atom. The number of nitrogens with one attached hydrogen (secondary N) is 2. The van der Waals surface area contributed by atoms with Crippen molar-refractivity contribution in [3.63, 3.8) is 0 Å². The molecule has 0 aliphatic rings. The quantitative estimate of drug-likeness (QED) is 0.648. The first-order valence-corrected chi connectivity index (χ1v) is 9.24. The van der Waals surface area contributed by atoms with Crippen LogP contribution in [0.2, 0.25) is 0 Å². The van der Waals surface area contributed by atoms with Gasteiger partial charge in [0.25, 0.3) is 0 Å². The van der Waals surface area contributed by atoms with E-state index in [1.54, 1.807) is 12.5 Å². The number of rotatable bonds is 6. The van der Waals surface area contributed by atoms with Crippen LogP contribution >= 0.6 is 11.3 Å². The van der Waals surface area contributed by atoms with Crippen LogP contribution in [0, 0.1) is 0 Å². The van der Waals surface area contributed by atoms with Crippen LogP contribution in [0.15, 0.2) is 52.7 Å². The predicted octanol–water partition coefficient (Wildman–Crippen LogP) is 4.89. The molecule has 2 N–H and O–H groups in total. The van der Waals surface area contributed by atoms with Crippen LogP contribution in [-0.4, -0.2) is 29.0 Å². The predicted molar refractivity (Wildman–Crippen MR) is 106 cm³/mol. The maximum atomic E-state index is 12.2. The molecule has 0 spiro atoms. The van der Waals surface area contributed by atoms with Crippen LogP contribution in [0.4, 0.5) is 15.6 Å². The molecule has 0 saturated carbocycles. The Hall–Kier alpha value is -2.64. The van der Waals surface area contributed by atoms with E-state index in [4.69, 9.17) is 4.42 Å². The molecule has 26 heavy (non-hydrogen) atoms. The van der Waals surface area contributed by atoms with Gasteiger partial charge in [0.1, 0.15) is 0 Å². The lowest BCUT2D eigenvalue weighted by molar-refractivity contribution is 0.261. The van der Waals surface area contributed by atoms with Crippen LogP contribution in [-0.2, 0) is 6.54 Å². The topological polar surface area (TPSA) is 70.4 Å². The highest BCUT2D eigenvalue weighted by Crippen LogP contribution is 2.23. The first-order valence-electron chi connectivity index (χ1n) is 8.36. The van der Waals surface area contributed by atoms with E-state index in [1.807, 2.05) is 35.7 Å². The van der Waals surface area contributed by atoms with Crippen molar-refractivity contribution >= 4 is 28.2 Å². The lowest BCUT2D eigenvalue weighted by Gasteiger charge is -2.19. The van der Waals surface area contributed by atoms with Crippen molar-refractivity contribution in [2.24, 2.45) is 0 Å². The number of thiazole rings is 1. The number of urea groups is 1. The van der Waals surface area contributed by atoms with Gasteiger partial charge in [0.15, 0.2) is 5.13 Å². The monoisotopic (exact) mass is 370 g/mol. The van der Waals surface area contributed by atoms with Crippen molar-refractivity contribution in [2.45, 2.75) is 26.4 Å². The molecule has 2 aromatic heterocycles. The lowest BCUT2D eigenvalue weighted by Crippen LogP contribution is -2.25. The minimum Gasteiger partial charge on any atom is -0.472 e. The van der Waals surface area contributed by atoms with E-state index in [9.17, 15) is 4.79 Å². The summed E-state index contributed by atoms with van der Waals surface area (Å²) in [4.78, 5) is 18.9. The lowest BCUT2D eigenvalue weighted by atomic mass is 10.1. The van der Waals surface area contributed by atoms with E-state index < -0.39 is 0 Å². The van der Waals surface area contributed by atoms with Gasteiger partial charge in [-0.15, -0.1) is 11.3 Å². The average Bonchev–Trinajstić information content (AvgIpc) is 3.27. The van der Waals surface area contributed by atoms with Gasteiger partial charge in [0.2, 0.25) is 0 Å². The van der Waals surface area contributed by atoms with Crippen LogP contribution in [0.25, 0.3) is 11.1 Å². The summed E-state index contributed by atoms with van der Waals surface area (Å²) in [6, 6.07) is 9.60. The summed E-state index contributed by atoms with van der Waals surface area (Å²) >= 11 is 1.42. The van der Waals surface area contributed by atoms with Gasteiger partial charge in [-0.25, -0.2) is 9.78 Å². The number of hydrogen-bond donors (Lipinski definition) is 2. The molecule has 2 amide bonds. The molecule has 0 radical (unpaired) electrons. The number of carbonyl (C=O) groups excluding carboxylic acids is 1. The Kier molecular flexibility index (Phi) is 5.70. The SMILES string of the molecule is CC(C)N(C)Cc1csc(NC(=O)Nc2cccc(-c3ccoc3)c2)n1. The number of hydrogen-bond acceptors (Lipinski definition) is 5. The summed E-state index contributed by atoms with van der Waals surface area (Å²) < 4.78 is 5.10. The highest BCUT2D eigenvalue weighted by molar-refractivity contribution is 7.13. The summed E-state index contributed by atoms with van der Waals surface area (Å²) in [7, 11) is 2.05. The van der Waals surface area contributed by atoms with E-state index in [1.165, 1.54) is 11.3 Å². The second kappa shape index (κ2) is 8.16. The maximum Gasteiger partial charge on any atom is 0.325 e. The molecular formula is C19H22N4O2S. The Labute approximate surface area is 156 Å². The largest absolute Gasteiger partial charge is 0.472 e. The summed E-state index contributed by atoms with van der Waals surface area (Å²) in [5.41, 5.74) is 3.60. The van der Waals surface area contributed by atoms with E-state index in [2.05, 4.69) is 41.4 Å². The summed E-state index contributed by atoms with van der Waals surface area (Å²) in [6.07, 6.45) is 3.30. The zero-order chi connectivity index (χ0) is 18.5. The van der Waals surface area contributed by atoms with Gasteiger partial charge in [-0.3, -0.25) is 10.2 Å². The van der Waals surface area contributed by atoms with E-state index in [0.717, 1.165) is 23.4 Å². The molecule has 136 valence electrons. The third kappa shape index (κ3) is 4.71. The van der Waals surface area contributed by atoms with Gasteiger partial charge in [0.05, 0.1) is 18.2 Å². The Balaban J connectivity index is 1.59. The van der Waals surface area contributed by atoms with Crippen molar-refractivity contribution in [1.29, 1.82) is 0 Å². The smallest absolute Gasteiger partial charge is 0.325 e. The third-order valence-corrected chi connectivity index (χ3v) is 4.85. The van der Waals surface area contributed by atoms with Gasteiger partial charge in [-0.05, 0) is 44.7 Å². The van der Waals surface area contributed by atoms with Crippen LogP contribution < -0.4 is 10.6 Å². The minimum absolute atomic E-state index is 0.313. The number of carbonyl (C=O) groups is 1. The van der Waals surface area contributed by atoms with Gasteiger partial charge in [-0.1, -0.05) is 12.1 Å². The molecule has 7 heteroatoms. The molecule has 0 unspecified atom stereocenters. The van der Waals surface area contributed by atoms with Crippen LogP contribution in [0.3, 0.4) is 0 Å². The van der Waals surface area contributed by atoms with Crippen molar-refractivity contribution in [1.82, 2.24) is 9.88 Å². The van der Waals surface area contributed by atoms with Crippen LogP contribution in [0.5, 0.6) is 0 Å². The fourth-order valence-electron chi connectivity index (χ4n) is 2.34. The average molecular weight is 370 g/mol. The van der Waals surface area contributed by atoms with E-state index in [-0.39, 0.29) is 6.03 Å². The van der Waals surface area contributed by atoms with Crippen molar-refractivity contribution in [2.75, 3.05) is 17.7 Å². The number of nitrogens with zero attached hydrogens (tertiary/aromatic N) is 2. The first-order chi connectivity index (χ1) is 12.5. The second-order valence-electron chi connectivity index (χ2n) is 6.32. The summed E-state index contributed by atoms with van der Waals surface area (Å²) in [5.74, 6) is 0. The van der Waals surface area contributed by atoms with Crippen molar-refractivity contribution in [3.8, 4) is 11.1 Å². The van der Waals surface area contributed by atoms with Crippen molar-refractivity contribution < 1.29 is 9.21 Å². The normalized spacial score (nSPS) is 11.1. The zero-order valence-corrected chi connectivity index (χ0v) is 15.8. The molecule has 0 atom stereocenters. The van der Waals surface area contributed by atoms with E-state index >= 15 is 0 Å². The Bertz CT molecular complexity index is 858. The maximum absolute atomic E-state index is 12.2. The third-order valence-electron chi connectivity index (χ3n) is 4.04. The molecule has 0 fully saturated rings.